The molecule has 0 bridgehead atoms. The lowest BCUT2D eigenvalue weighted by Gasteiger charge is -2.36. The maximum absolute atomic E-state index is 13.0. The van der Waals surface area contributed by atoms with E-state index in [0.29, 0.717) is 12.6 Å². The van der Waals surface area contributed by atoms with Crippen molar-refractivity contribution < 1.29 is 9.53 Å². The number of rotatable bonds is 7. The van der Waals surface area contributed by atoms with E-state index in [1.54, 1.807) is 6.08 Å². The van der Waals surface area contributed by atoms with E-state index < -0.39 is 0 Å². The first-order chi connectivity index (χ1) is 12.3. The normalized spacial score (nSPS) is 20.5. The zero-order valence-corrected chi connectivity index (χ0v) is 16.4. The number of ether oxygens (including phenoxy) is 1. The lowest BCUT2D eigenvalue weighted by atomic mass is 9.98. The second-order valence-corrected chi connectivity index (χ2v) is 7.11. The van der Waals surface area contributed by atoms with Gasteiger partial charge >= 0.3 is 0 Å². The van der Waals surface area contributed by atoms with Crippen LogP contribution in [0.2, 0.25) is 0 Å². The lowest BCUT2D eigenvalue weighted by molar-refractivity contribution is 0.0588. The van der Waals surface area contributed by atoms with E-state index in [4.69, 9.17) is 4.74 Å². The maximum atomic E-state index is 13.0. The number of carbonyl (C=O) groups excluding carboxylic acids is 1. The fourth-order valence-electron chi connectivity index (χ4n) is 3.92. The van der Waals surface area contributed by atoms with Gasteiger partial charge in [-0.25, -0.2) is 0 Å². The van der Waals surface area contributed by atoms with E-state index in [-0.39, 0.29) is 18.3 Å². The second-order valence-electron chi connectivity index (χ2n) is 7.11. The highest BCUT2D eigenvalue weighted by atomic mass is 35.5. The van der Waals surface area contributed by atoms with Crippen molar-refractivity contribution in [1.82, 2.24) is 9.80 Å². The summed E-state index contributed by atoms with van der Waals surface area (Å²) in [5.41, 5.74) is 0.763. The summed E-state index contributed by atoms with van der Waals surface area (Å²) in [6.45, 7) is 8.60. The standard InChI is InChI=1S/C21H30N2O2.ClH/c1-2-17-25-20-10-8-18(9-11-20)21(24)23-15-4-3-7-19(23)12-16-22-13-5-6-14-22;/h2,8-11,19H,1,3-7,12-17H2;1H. The Morgan fingerprint density at radius 2 is 1.81 bits per heavy atom. The Morgan fingerprint density at radius 3 is 2.50 bits per heavy atom. The molecule has 0 aliphatic carbocycles. The molecule has 2 fully saturated rings. The summed E-state index contributed by atoms with van der Waals surface area (Å²) in [7, 11) is 0. The van der Waals surface area contributed by atoms with Crippen molar-refractivity contribution in [2.75, 3.05) is 32.8 Å². The van der Waals surface area contributed by atoms with Gasteiger partial charge in [0.05, 0.1) is 0 Å². The van der Waals surface area contributed by atoms with Gasteiger partial charge in [0.1, 0.15) is 12.4 Å². The Balaban J connectivity index is 0.00000243. The van der Waals surface area contributed by atoms with E-state index in [1.165, 1.54) is 32.4 Å². The monoisotopic (exact) mass is 378 g/mol. The van der Waals surface area contributed by atoms with Gasteiger partial charge in [-0.1, -0.05) is 12.7 Å². The van der Waals surface area contributed by atoms with E-state index in [2.05, 4.69) is 16.4 Å². The Kier molecular flexibility index (Phi) is 8.46. The van der Waals surface area contributed by atoms with Gasteiger partial charge < -0.3 is 14.5 Å². The molecule has 2 aliphatic rings. The van der Waals surface area contributed by atoms with Crippen molar-refractivity contribution in [1.29, 1.82) is 0 Å². The molecule has 1 amide bonds. The van der Waals surface area contributed by atoms with Crippen LogP contribution >= 0.6 is 12.4 Å². The van der Waals surface area contributed by atoms with Gasteiger partial charge in [-0.3, -0.25) is 4.79 Å². The van der Waals surface area contributed by atoms with Crippen LogP contribution in [0.15, 0.2) is 36.9 Å². The van der Waals surface area contributed by atoms with Crippen molar-refractivity contribution in [3.63, 3.8) is 0 Å². The van der Waals surface area contributed by atoms with Crippen LogP contribution < -0.4 is 4.74 Å². The van der Waals surface area contributed by atoms with Crippen molar-refractivity contribution in [3.8, 4) is 5.75 Å². The predicted octanol–water partition coefficient (Wildman–Crippen LogP) is 4.15. The van der Waals surface area contributed by atoms with Crippen molar-refractivity contribution >= 4 is 18.3 Å². The van der Waals surface area contributed by atoms with Crippen LogP contribution in [0.25, 0.3) is 0 Å². The molecular formula is C21H31ClN2O2. The highest BCUT2D eigenvalue weighted by Gasteiger charge is 2.28. The van der Waals surface area contributed by atoms with Crippen LogP contribution in [-0.4, -0.2) is 54.5 Å². The number of likely N-dealkylation sites (tertiary alicyclic amines) is 2. The molecular weight excluding hydrogens is 348 g/mol. The minimum atomic E-state index is 0. The number of nitrogens with zero attached hydrogens (tertiary/aromatic N) is 2. The molecule has 1 atom stereocenters. The van der Waals surface area contributed by atoms with E-state index in [0.717, 1.165) is 43.7 Å². The van der Waals surface area contributed by atoms with E-state index >= 15 is 0 Å². The number of piperidine rings is 1. The summed E-state index contributed by atoms with van der Waals surface area (Å²) >= 11 is 0. The van der Waals surface area contributed by atoms with Crippen LogP contribution in [0, 0.1) is 0 Å². The highest BCUT2D eigenvalue weighted by molar-refractivity contribution is 5.94. The Morgan fingerprint density at radius 1 is 1.12 bits per heavy atom. The van der Waals surface area contributed by atoms with Crippen LogP contribution in [0.3, 0.4) is 0 Å². The molecule has 26 heavy (non-hydrogen) atoms. The quantitative estimate of drug-likeness (QED) is 0.668. The molecule has 0 saturated carbocycles. The molecule has 0 radical (unpaired) electrons. The molecule has 2 aliphatic heterocycles. The third-order valence-corrected chi connectivity index (χ3v) is 5.33. The average molecular weight is 379 g/mol. The largest absolute Gasteiger partial charge is 0.490 e. The van der Waals surface area contributed by atoms with Gasteiger partial charge in [0.25, 0.3) is 5.91 Å². The molecule has 2 heterocycles. The first-order valence-electron chi connectivity index (χ1n) is 9.65. The van der Waals surface area contributed by atoms with E-state index in [1.807, 2.05) is 24.3 Å². The minimum Gasteiger partial charge on any atom is -0.490 e. The molecule has 3 rings (SSSR count). The molecule has 2 saturated heterocycles. The number of hydrogen-bond donors (Lipinski definition) is 0. The van der Waals surface area contributed by atoms with Crippen molar-refractivity contribution in [3.05, 3.63) is 42.5 Å². The fourth-order valence-corrected chi connectivity index (χ4v) is 3.92. The number of carbonyl (C=O) groups is 1. The molecule has 5 heteroatoms. The van der Waals surface area contributed by atoms with Crippen molar-refractivity contribution in [2.24, 2.45) is 0 Å². The fraction of sp³-hybridized carbons (Fsp3) is 0.571. The zero-order valence-electron chi connectivity index (χ0n) is 15.6. The summed E-state index contributed by atoms with van der Waals surface area (Å²) in [4.78, 5) is 17.6. The SMILES string of the molecule is C=CCOc1ccc(C(=O)N2CCCCC2CCN2CCCC2)cc1.Cl. The molecule has 0 N–H and O–H groups in total. The molecule has 0 aromatic heterocycles. The van der Waals surface area contributed by atoms with Crippen LogP contribution in [0.1, 0.15) is 48.9 Å². The predicted molar refractivity (Wildman–Crippen MR) is 108 cm³/mol. The second kappa shape index (κ2) is 10.6. The Bertz CT molecular complexity index is 570. The highest BCUT2D eigenvalue weighted by Crippen LogP contribution is 2.24. The van der Waals surface area contributed by atoms with Crippen LogP contribution in [0.4, 0.5) is 0 Å². The first kappa shape index (κ1) is 20.8. The van der Waals surface area contributed by atoms with Gasteiger partial charge in [-0.2, -0.15) is 0 Å². The van der Waals surface area contributed by atoms with Gasteiger partial charge in [0.15, 0.2) is 0 Å². The van der Waals surface area contributed by atoms with Gasteiger partial charge in [-0.15, -0.1) is 12.4 Å². The Labute approximate surface area is 163 Å². The van der Waals surface area contributed by atoms with Crippen LogP contribution in [-0.2, 0) is 0 Å². The van der Waals surface area contributed by atoms with Gasteiger partial charge in [0.2, 0.25) is 0 Å². The van der Waals surface area contributed by atoms with Gasteiger partial charge in [0, 0.05) is 24.7 Å². The topological polar surface area (TPSA) is 32.8 Å². The molecule has 1 unspecified atom stereocenters. The zero-order chi connectivity index (χ0) is 17.5. The number of halogens is 1. The van der Waals surface area contributed by atoms with Crippen LogP contribution in [0.5, 0.6) is 5.75 Å². The summed E-state index contributed by atoms with van der Waals surface area (Å²) in [6.07, 6.45) is 8.97. The molecule has 144 valence electrons. The molecule has 1 aromatic rings. The maximum Gasteiger partial charge on any atom is 0.254 e. The summed E-state index contributed by atoms with van der Waals surface area (Å²) in [6, 6.07) is 7.90. The average Bonchev–Trinajstić information content (AvgIpc) is 3.18. The third kappa shape index (κ3) is 5.49. The lowest BCUT2D eigenvalue weighted by Crippen LogP contribution is -2.45. The summed E-state index contributed by atoms with van der Waals surface area (Å²) in [5.74, 6) is 0.946. The number of hydrogen-bond acceptors (Lipinski definition) is 3. The van der Waals surface area contributed by atoms with Gasteiger partial charge in [-0.05, 0) is 75.9 Å². The summed E-state index contributed by atoms with van der Waals surface area (Å²) in [5, 5.41) is 0. The Hall–Kier alpha value is -1.52. The molecule has 4 nitrogen and oxygen atoms in total. The molecule has 1 aromatic carbocycles. The third-order valence-electron chi connectivity index (χ3n) is 5.33. The smallest absolute Gasteiger partial charge is 0.254 e. The van der Waals surface area contributed by atoms with E-state index in [9.17, 15) is 4.79 Å². The first-order valence-corrected chi connectivity index (χ1v) is 9.65. The minimum absolute atomic E-state index is 0. The van der Waals surface area contributed by atoms with Crippen molar-refractivity contribution in [2.45, 2.75) is 44.6 Å². The molecule has 0 spiro atoms. The number of benzene rings is 1. The summed E-state index contributed by atoms with van der Waals surface area (Å²) < 4.78 is 5.50. The number of amides is 1.